The second kappa shape index (κ2) is 7.94. The van der Waals surface area contributed by atoms with Crippen LogP contribution in [0.4, 0.5) is 0 Å². The van der Waals surface area contributed by atoms with Crippen LogP contribution in [-0.4, -0.2) is 29.1 Å². The lowest BCUT2D eigenvalue weighted by Crippen LogP contribution is -2.27. The number of ether oxygens (including phenoxy) is 1. The Morgan fingerprint density at radius 1 is 1.20 bits per heavy atom. The summed E-state index contributed by atoms with van der Waals surface area (Å²) in [7, 11) is 0. The number of nitrogens with zero attached hydrogens (tertiary/aromatic N) is 2. The molecule has 0 bridgehead atoms. The zero-order valence-electron chi connectivity index (χ0n) is 14.6. The molecule has 0 radical (unpaired) electrons. The number of carbonyl (C=O) groups is 1. The fourth-order valence-electron chi connectivity index (χ4n) is 2.81. The Bertz CT molecular complexity index is 768. The van der Waals surface area contributed by atoms with E-state index in [1.54, 1.807) is 17.3 Å². The van der Waals surface area contributed by atoms with E-state index in [4.69, 9.17) is 9.57 Å². The highest BCUT2D eigenvalue weighted by molar-refractivity contribution is 6.17. The van der Waals surface area contributed by atoms with E-state index < -0.39 is 0 Å². The number of allylic oxidation sites excluding steroid dienone is 1. The predicted octanol–water partition coefficient (Wildman–Crippen LogP) is 4.00. The fraction of sp³-hybridized carbons (Fsp3) is 0.300. The van der Waals surface area contributed by atoms with Gasteiger partial charge < -0.3 is 9.57 Å². The van der Waals surface area contributed by atoms with Crippen LogP contribution in [0.15, 0.2) is 48.7 Å². The van der Waals surface area contributed by atoms with Crippen LogP contribution in [0.1, 0.15) is 31.4 Å². The Labute approximate surface area is 147 Å². The molecule has 0 saturated carbocycles. The van der Waals surface area contributed by atoms with Crippen molar-refractivity contribution in [3.63, 3.8) is 0 Å². The Morgan fingerprint density at radius 3 is 2.76 bits per heavy atom. The molecule has 0 fully saturated rings. The van der Waals surface area contributed by atoms with Gasteiger partial charge in [-0.3, -0.25) is 0 Å². The first kappa shape index (κ1) is 17.2. The average Bonchev–Trinajstić information content (AvgIpc) is 2.66. The third-order valence-electron chi connectivity index (χ3n) is 4.13. The highest BCUT2D eigenvalue weighted by Gasteiger charge is 2.22. The molecule has 0 amide bonds. The molecule has 25 heavy (non-hydrogen) atoms. The number of carbonyl (C=O) groups excluding carboxylic acids is 1. The third kappa shape index (κ3) is 4.06. The van der Waals surface area contributed by atoms with Crippen LogP contribution in [0.3, 0.4) is 0 Å². The van der Waals surface area contributed by atoms with Gasteiger partial charge >= 0.3 is 5.97 Å². The average molecular weight is 338 g/mol. The lowest BCUT2D eigenvalue weighted by Gasteiger charge is -2.21. The Kier molecular flexibility index (Phi) is 5.46. The van der Waals surface area contributed by atoms with Crippen molar-refractivity contribution in [2.45, 2.75) is 26.7 Å². The first-order valence-corrected chi connectivity index (χ1v) is 8.60. The van der Waals surface area contributed by atoms with Gasteiger partial charge in [0, 0.05) is 25.4 Å². The summed E-state index contributed by atoms with van der Waals surface area (Å²) in [6, 6.07) is 11.3. The molecule has 0 spiro atoms. The van der Waals surface area contributed by atoms with Gasteiger partial charge in [-0.1, -0.05) is 18.2 Å². The number of hydrogen-bond donors (Lipinski definition) is 0. The summed E-state index contributed by atoms with van der Waals surface area (Å²) in [5, 5.41) is 1.64. The molecular formula is C20H22N2O3. The highest BCUT2D eigenvalue weighted by Crippen LogP contribution is 2.32. The van der Waals surface area contributed by atoms with Gasteiger partial charge in [0.25, 0.3) is 0 Å². The number of pyridine rings is 1. The molecule has 0 N–H and O–H groups in total. The Morgan fingerprint density at radius 2 is 2.04 bits per heavy atom. The van der Waals surface area contributed by atoms with E-state index in [2.05, 4.69) is 4.98 Å². The van der Waals surface area contributed by atoms with Crippen LogP contribution >= 0.6 is 0 Å². The number of hydroxylamine groups is 2. The zero-order chi connectivity index (χ0) is 17.6. The van der Waals surface area contributed by atoms with Crippen LogP contribution in [0, 0.1) is 0 Å². The number of benzene rings is 1. The molecule has 0 saturated heterocycles. The van der Waals surface area contributed by atoms with E-state index in [-0.39, 0.29) is 5.97 Å². The number of hydrogen-bond acceptors (Lipinski definition) is 5. The highest BCUT2D eigenvalue weighted by atomic mass is 16.7. The van der Waals surface area contributed by atoms with Gasteiger partial charge in [0.05, 0.1) is 5.57 Å². The van der Waals surface area contributed by atoms with E-state index in [9.17, 15) is 4.79 Å². The van der Waals surface area contributed by atoms with Gasteiger partial charge in [0.2, 0.25) is 5.88 Å². The molecule has 5 nitrogen and oxygen atoms in total. The molecule has 5 heteroatoms. The zero-order valence-corrected chi connectivity index (χ0v) is 14.6. The normalized spacial score (nSPS) is 13.2. The standard InChI is InChI=1S/C20H22N2O3/c1-3-22(4-2)25-20(23)17-9-7-8-15-11-12-16(14-18(15)17)24-19-10-5-6-13-21-19/h5-6,9-14H,3-4,7-8H2,1-2H3. The van der Waals surface area contributed by atoms with Crippen LogP contribution in [0.5, 0.6) is 11.6 Å². The summed E-state index contributed by atoms with van der Waals surface area (Å²) in [5.74, 6) is 0.857. The first-order valence-electron chi connectivity index (χ1n) is 8.60. The van der Waals surface area contributed by atoms with E-state index in [0.29, 0.717) is 30.3 Å². The molecule has 0 atom stereocenters. The second-order valence-corrected chi connectivity index (χ2v) is 5.74. The van der Waals surface area contributed by atoms with Gasteiger partial charge in [-0.15, -0.1) is 5.06 Å². The molecule has 130 valence electrons. The molecule has 1 aliphatic carbocycles. The van der Waals surface area contributed by atoms with Crippen LogP contribution < -0.4 is 4.74 Å². The monoisotopic (exact) mass is 338 g/mol. The quantitative estimate of drug-likeness (QED) is 0.745. The van der Waals surface area contributed by atoms with E-state index >= 15 is 0 Å². The van der Waals surface area contributed by atoms with Crippen LogP contribution in [0.2, 0.25) is 0 Å². The van der Waals surface area contributed by atoms with Gasteiger partial charge in [0.1, 0.15) is 5.75 Å². The minimum absolute atomic E-state index is 0.320. The number of fused-ring (bicyclic) bond motifs is 1. The summed E-state index contributed by atoms with van der Waals surface area (Å²) in [6.07, 6.45) is 5.36. The SMILES string of the molecule is CCN(CC)OC(=O)C1=CCCc2ccc(Oc3ccccn3)cc21. The molecule has 1 aromatic carbocycles. The van der Waals surface area contributed by atoms with Crippen molar-refractivity contribution in [3.8, 4) is 11.6 Å². The van der Waals surface area contributed by atoms with E-state index in [0.717, 1.165) is 24.0 Å². The maximum atomic E-state index is 12.6. The Hall–Kier alpha value is -2.66. The summed E-state index contributed by atoms with van der Waals surface area (Å²) in [4.78, 5) is 22.2. The van der Waals surface area contributed by atoms with Gasteiger partial charge in [-0.2, -0.15) is 0 Å². The Balaban J connectivity index is 1.84. The topological polar surface area (TPSA) is 51.7 Å². The first-order chi connectivity index (χ1) is 12.2. The maximum Gasteiger partial charge on any atom is 0.357 e. The summed E-state index contributed by atoms with van der Waals surface area (Å²) in [6.45, 7) is 5.23. The van der Waals surface area contributed by atoms with Crippen LogP contribution in [-0.2, 0) is 16.1 Å². The lowest BCUT2D eigenvalue weighted by atomic mass is 9.90. The molecule has 1 aromatic heterocycles. The van der Waals surface area contributed by atoms with Crippen molar-refractivity contribution in [1.29, 1.82) is 0 Å². The molecular weight excluding hydrogens is 316 g/mol. The van der Waals surface area contributed by atoms with E-state index in [1.165, 1.54) is 0 Å². The number of aromatic nitrogens is 1. The number of rotatable bonds is 6. The van der Waals surface area contributed by atoms with Gasteiger partial charge in [-0.05, 0) is 56.0 Å². The lowest BCUT2D eigenvalue weighted by molar-refractivity contribution is -0.180. The van der Waals surface area contributed by atoms with Crippen LogP contribution in [0.25, 0.3) is 5.57 Å². The van der Waals surface area contributed by atoms with Crippen molar-refractivity contribution in [2.24, 2.45) is 0 Å². The molecule has 0 unspecified atom stereocenters. The fourth-order valence-corrected chi connectivity index (χ4v) is 2.81. The van der Waals surface area contributed by atoms with Crippen molar-refractivity contribution < 1.29 is 14.4 Å². The maximum absolute atomic E-state index is 12.6. The predicted molar refractivity (Wildman–Crippen MR) is 96.1 cm³/mol. The van der Waals surface area contributed by atoms with Crippen molar-refractivity contribution >= 4 is 11.5 Å². The smallest absolute Gasteiger partial charge is 0.357 e. The minimum Gasteiger partial charge on any atom is -0.439 e. The minimum atomic E-state index is -0.320. The van der Waals surface area contributed by atoms with E-state index in [1.807, 2.05) is 50.3 Å². The number of aryl methyl sites for hydroxylation is 1. The summed E-state index contributed by atoms with van der Waals surface area (Å²) < 4.78 is 5.80. The van der Waals surface area contributed by atoms with Crippen molar-refractivity contribution in [1.82, 2.24) is 10.0 Å². The molecule has 2 aromatic rings. The molecule has 3 rings (SSSR count). The summed E-state index contributed by atoms with van der Waals surface area (Å²) >= 11 is 0. The third-order valence-corrected chi connectivity index (χ3v) is 4.13. The second-order valence-electron chi connectivity index (χ2n) is 5.74. The van der Waals surface area contributed by atoms with Gasteiger partial charge in [0.15, 0.2) is 0 Å². The summed E-state index contributed by atoms with van der Waals surface area (Å²) in [5.41, 5.74) is 2.60. The molecule has 0 aliphatic heterocycles. The van der Waals surface area contributed by atoms with Gasteiger partial charge in [-0.25, -0.2) is 9.78 Å². The largest absolute Gasteiger partial charge is 0.439 e. The van der Waals surface area contributed by atoms with Crippen molar-refractivity contribution in [3.05, 3.63) is 59.8 Å². The molecule has 1 heterocycles. The van der Waals surface area contributed by atoms with Crippen molar-refractivity contribution in [2.75, 3.05) is 13.1 Å². The molecule has 1 aliphatic rings.